The Bertz CT molecular complexity index is 8.00. The quantitative estimate of drug-likeness (QED) is 0.433. The van der Waals surface area contributed by atoms with Gasteiger partial charge in [-0.15, -0.1) is 0 Å². The van der Waals surface area contributed by atoms with Gasteiger partial charge >= 0.3 is 0 Å². The molecule has 0 aliphatic heterocycles. The molecule has 0 aromatic carbocycles. The van der Waals surface area contributed by atoms with Gasteiger partial charge in [-0.1, -0.05) is 0 Å². The zero-order valence-electron chi connectivity index (χ0n) is 1.76. The van der Waals surface area contributed by atoms with E-state index in [0.29, 0.717) is 0 Å². The summed E-state index contributed by atoms with van der Waals surface area (Å²) in [6, 6.07) is 0. The van der Waals surface area contributed by atoms with Gasteiger partial charge in [0.2, 0.25) is 0 Å². The van der Waals surface area contributed by atoms with E-state index in [9.17, 15) is 0 Å². The molecule has 11 radical (unpaired) electrons. The third-order valence-electron chi connectivity index (χ3n) is 0. The Balaban J connectivity index is 0. The summed E-state index contributed by atoms with van der Waals surface area (Å²) in [5, 5.41) is 0. The van der Waals surface area contributed by atoms with E-state index in [1.807, 2.05) is 0 Å². The molecule has 0 amide bonds. The fourth-order valence-electron chi connectivity index (χ4n) is 0. The predicted octanol–water partition coefficient (Wildman–Crippen LogP) is -1.52. The molecule has 0 atom stereocenters. The number of hydrogen-bond acceptors (Lipinski definition) is 0. The minimum atomic E-state index is 0. The first kappa shape index (κ1) is 30.1. The Morgan fingerprint density at radius 2 is 1.00 bits per heavy atom. The standard InChI is InChI=1S/Ge.Sb.Se.Te. The van der Waals surface area contributed by atoms with Gasteiger partial charge in [-0.25, -0.2) is 0 Å². The normalized spacial score (nSPS) is 0. The first-order chi connectivity index (χ1) is 0. The molecule has 0 aliphatic carbocycles. The smallest absolute Gasteiger partial charge is 0 e. The van der Waals surface area contributed by atoms with Crippen LogP contribution >= 0.6 is 0 Å². The van der Waals surface area contributed by atoms with Crippen LogP contribution in [0.4, 0.5) is 0 Å². The summed E-state index contributed by atoms with van der Waals surface area (Å²) >= 11 is 0. The van der Waals surface area contributed by atoms with Crippen molar-refractivity contribution in [2.24, 2.45) is 0 Å². The van der Waals surface area contributed by atoms with Crippen LogP contribution in [0.1, 0.15) is 0 Å². The molecule has 0 aromatic rings. The Labute approximate surface area is 81.5 Å². The summed E-state index contributed by atoms with van der Waals surface area (Å²) < 4.78 is 0. The summed E-state index contributed by atoms with van der Waals surface area (Å²) in [4.78, 5) is 0. The van der Waals surface area contributed by atoms with E-state index in [1.165, 1.54) is 0 Å². The topological polar surface area (TPSA) is 0 Å². The van der Waals surface area contributed by atoms with Crippen molar-refractivity contribution < 1.29 is 0 Å². The molecule has 0 N–H and O–H groups in total. The second-order valence-corrected chi connectivity index (χ2v) is 0. The Hall–Kier alpha value is 2.67. The minimum absolute atomic E-state index is 0. The van der Waals surface area contributed by atoms with E-state index in [4.69, 9.17) is 0 Å². The molecule has 0 nitrogen and oxygen atoms in total. The number of hydrogen-bond donors (Lipinski definition) is 0. The van der Waals surface area contributed by atoms with Gasteiger partial charge in [0.1, 0.15) is 0 Å². The molecule has 0 aliphatic rings. The van der Waals surface area contributed by atoms with Crippen molar-refractivity contribution >= 4 is 82.8 Å². The first-order valence-electron chi connectivity index (χ1n) is 0. The molecule has 0 heterocycles. The molecule has 0 spiro atoms. The average Bonchev–Trinajstić information content (AvgIpc) is 0. The van der Waals surface area contributed by atoms with Gasteiger partial charge < -0.3 is 0 Å². The molecule has 0 saturated heterocycles. The van der Waals surface area contributed by atoms with Crippen LogP contribution in [0.25, 0.3) is 0 Å². The van der Waals surface area contributed by atoms with Crippen LogP contribution in [0.3, 0.4) is 0 Å². The third kappa shape index (κ3) is 8.82. The van der Waals surface area contributed by atoms with Crippen molar-refractivity contribution in [1.82, 2.24) is 0 Å². The average molecular weight is 401 g/mol. The van der Waals surface area contributed by atoms with E-state index >= 15 is 0 Å². The second kappa shape index (κ2) is 17.3. The third-order valence-corrected chi connectivity index (χ3v) is 0. The second-order valence-electron chi connectivity index (χ2n) is 0. The maximum Gasteiger partial charge on any atom is 0 e. The largest absolute Gasteiger partial charge is 0 e. The van der Waals surface area contributed by atoms with E-state index in [-0.39, 0.29) is 82.8 Å². The maximum atomic E-state index is 0. The first-order valence-corrected chi connectivity index (χ1v) is 0. The van der Waals surface area contributed by atoms with Crippen LogP contribution in [-0.2, 0) is 0 Å². The van der Waals surface area contributed by atoms with Crippen LogP contribution in [0.2, 0.25) is 0 Å². The molecule has 4 heavy (non-hydrogen) atoms. The van der Waals surface area contributed by atoms with E-state index in [2.05, 4.69) is 0 Å². The molecule has 0 fully saturated rings. The van der Waals surface area contributed by atoms with Gasteiger partial charge in [0.15, 0.2) is 0 Å². The van der Waals surface area contributed by atoms with Crippen LogP contribution in [0, 0.1) is 0 Å². The summed E-state index contributed by atoms with van der Waals surface area (Å²) in [6.07, 6.45) is 0. The molecule has 21 valence electrons. The molecule has 0 rings (SSSR count). The Kier molecular flexibility index (Phi) is 130. The van der Waals surface area contributed by atoms with Crippen molar-refractivity contribution in [3.05, 3.63) is 0 Å². The van der Waals surface area contributed by atoms with E-state index in [0.717, 1.165) is 0 Å². The Morgan fingerprint density at radius 1 is 1.00 bits per heavy atom. The van der Waals surface area contributed by atoms with Gasteiger partial charge in [0.05, 0.1) is 0 Å². The summed E-state index contributed by atoms with van der Waals surface area (Å²) in [5.74, 6) is 0. The fraction of sp³-hybridized carbons (Fsp3) is 0. The fourth-order valence-corrected chi connectivity index (χ4v) is 0. The minimum Gasteiger partial charge on any atom is 0 e. The van der Waals surface area contributed by atoms with Crippen molar-refractivity contribution in [2.75, 3.05) is 0 Å². The van der Waals surface area contributed by atoms with Gasteiger partial charge in [-0.05, 0) is 0 Å². The zero-order valence-corrected chi connectivity index (χ0v) is 10.5. The summed E-state index contributed by atoms with van der Waals surface area (Å²) in [5.41, 5.74) is 0. The van der Waals surface area contributed by atoms with Crippen molar-refractivity contribution in [1.29, 1.82) is 0 Å². The molecular formula is GeSbSeTe. The van der Waals surface area contributed by atoms with Crippen LogP contribution in [0.5, 0.6) is 0 Å². The maximum absolute atomic E-state index is 0. The van der Waals surface area contributed by atoms with Gasteiger partial charge in [0, 0.05) is 82.8 Å². The van der Waals surface area contributed by atoms with E-state index < -0.39 is 0 Å². The molecule has 0 aromatic heterocycles. The molecule has 0 unspecified atom stereocenters. The van der Waals surface area contributed by atoms with Crippen LogP contribution in [-0.4, -0.2) is 82.8 Å². The summed E-state index contributed by atoms with van der Waals surface area (Å²) in [6.45, 7) is 0. The molecule has 4 heteroatoms. The Morgan fingerprint density at radius 3 is 1.00 bits per heavy atom. The van der Waals surface area contributed by atoms with Crippen molar-refractivity contribution in [3.63, 3.8) is 0 Å². The van der Waals surface area contributed by atoms with Crippen LogP contribution < -0.4 is 0 Å². The summed E-state index contributed by atoms with van der Waals surface area (Å²) in [7, 11) is 0. The van der Waals surface area contributed by atoms with Crippen LogP contribution in [0.15, 0.2) is 0 Å². The zero-order chi connectivity index (χ0) is 0. The van der Waals surface area contributed by atoms with Gasteiger partial charge in [-0.3, -0.25) is 0 Å². The van der Waals surface area contributed by atoms with Gasteiger partial charge in [0.25, 0.3) is 0 Å². The van der Waals surface area contributed by atoms with Crippen molar-refractivity contribution in [2.45, 2.75) is 0 Å². The molecule has 0 bridgehead atoms. The van der Waals surface area contributed by atoms with E-state index in [1.54, 1.807) is 0 Å². The SMILES string of the molecule is [Ge].[Sb].[Se].[Te]. The van der Waals surface area contributed by atoms with Gasteiger partial charge in [-0.2, -0.15) is 0 Å². The molecular weight excluding hydrogens is 401 g/mol. The monoisotopic (exact) mass is 405 g/mol. The molecule has 0 saturated carbocycles. The predicted molar refractivity (Wildman–Crippen MR) is 23.0 cm³/mol. The van der Waals surface area contributed by atoms with Crippen molar-refractivity contribution in [3.8, 4) is 0 Å². The number of rotatable bonds is 0.